The third kappa shape index (κ3) is 10.1. The van der Waals surface area contributed by atoms with Gasteiger partial charge < -0.3 is 5.11 Å². The fraction of sp³-hybridized carbons (Fsp3) is 0.833. The first kappa shape index (κ1) is 15.5. The molecule has 0 heterocycles. The number of halogens is 3. The van der Waals surface area contributed by atoms with Crippen molar-refractivity contribution in [3.05, 3.63) is 0 Å². The van der Waals surface area contributed by atoms with Crippen LogP contribution in [0.15, 0.2) is 0 Å². The molecule has 0 aromatic heterocycles. The van der Waals surface area contributed by atoms with Crippen LogP contribution < -0.4 is 4.72 Å². The number of thioether (sulfide) groups is 1. The Hall–Kier alpha value is -0.480. The minimum absolute atomic E-state index is 0.345. The maximum atomic E-state index is 11.6. The minimum Gasteiger partial charge on any atom is -0.481 e. The number of rotatable bonds is 7. The summed E-state index contributed by atoms with van der Waals surface area (Å²) in [4.78, 5) is 10.1. The van der Waals surface area contributed by atoms with Gasteiger partial charge >= 0.3 is 11.5 Å². The van der Waals surface area contributed by atoms with Gasteiger partial charge in [-0.15, -0.1) is 0 Å². The zero-order chi connectivity index (χ0) is 12.8. The van der Waals surface area contributed by atoms with E-state index < -0.39 is 39.4 Å². The van der Waals surface area contributed by atoms with E-state index in [1.165, 1.54) is 0 Å². The van der Waals surface area contributed by atoms with Crippen molar-refractivity contribution < 1.29 is 31.5 Å². The maximum absolute atomic E-state index is 11.6. The summed E-state index contributed by atoms with van der Waals surface area (Å²) in [6, 6.07) is 0. The summed E-state index contributed by atoms with van der Waals surface area (Å²) >= 11 is -0.345. The predicted molar refractivity (Wildman–Crippen MR) is 52.6 cm³/mol. The number of nitrogens with one attached hydrogen (secondary N) is 1. The van der Waals surface area contributed by atoms with Crippen molar-refractivity contribution in [1.29, 1.82) is 0 Å². The highest BCUT2D eigenvalue weighted by Gasteiger charge is 2.27. The molecule has 2 N–H and O–H groups in total. The first-order valence-corrected chi connectivity index (χ1v) is 6.66. The Kier molecular flexibility index (Phi) is 6.11. The zero-order valence-electron chi connectivity index (χ0n) is 7.95. The molecule has 0 aromatic rings. The van der Waals surface area contributed by atoms with Crippen molar-refractivity contribution in [3.63, 3.8) is 0 Å². The average molecular weight is 281 g/mol. The molecule has 0 fully saturated rings. The van der Waals surface area contributed by atoms with E-state index in [0.717, 1.165) is 0 Å². The van der Waals surface area contributed by atoms with Gasteiger partial charge in [-0.2, -0.15) is 13.2 Å². The zero-order valence-corrected chi connectivity index (χ0v) is 9.58. The molecule has 0 amide bonds. The van der Waals surface area contributed by atoms with Crippen LogP contribution in [0.4, 0.5) is 13.2 Å². The van der Waals surface area contributed by atoms with E-state index in [9.17, 15) is 26.4 Å². The molecule has 16 heavy (non-hydrogen) atoms. The van der Waals surface area contributed by atoms with Crippen molar-refractivity contribution in [3.8, 4) is 0 Å². The van der Waals surface area contributed by atoms with Crippen LogP contribution in [0, 0.1) is 0 Å². The third-order valence-corrected chi connectivity index (χ3v) is 3.40. The van der Waals surface area contributed by atoms with E-state index in [2.05, 4.69) is 0 Å². The van der Waals surface area contributed by atoms with Crippen LogP contribution in [0.25, 0.3) is 0 Å². The molecule has 0 spiro atoms. The summed E-state index contributed by atoms with van der Waals surface area (Å²) in [6.07, 6.45) is -0.582. The molecular formula is C6H10F3NO4S2. The van der Waals surface area contributed by atoms with Crippen LogP contribution in [0.2, 0.25) is 0 Å². The number of carboxylic acid groups (broad SMARTS) is 1. The van der Waals surface area contributed by atoms with Gasteiger partial charge in [0, 0.05) is 12.3 Å². The molecular weight excluding hydrogens is 271 g/mol. The van der Waals surface area contributed by atoms with E-state index in [0.29, 0.717) is 0 Å². The Morgan fingerprint density at radius 1 is 1.38 bits per heavy atom. The summed E-state index contributed by atoms with van der Waals surface area (Å²) in [6.45, 7) is -0.383. The predicted octanol–water partition coefficient (Wildman–Crippen LogP) is 0.634. The fourth-order valence-electron chi connectivity index (χ4n) is 0.658. The molecule has 96 valence electrons. The van der Waals surface area contributed by atoms with Gasteiger partial charge in [0.2, 0.25) is 10.0 Å². The molecule has 0 radical (unpaired) electrons. The number of carboxylic acids is 1. The number of hydrogen-bond donors (Lipinski definition) is 2. The molecule has 0 aromatic carbocycles. The molecule has 0 saturated heterocycles. The minimum atomic E-state index is -4.40. The molecule has 0 aliphatic carbocycles. The lowest BCUT2D eigenvalue weighted by atomic mass is 10.5. The number of hydrogen-bond acceptors (Lipinski definition) is 4. The van der Waals surface area contributed by atoms with Crippen LogP contribution in [0.5, 0.6) is 0 Å². The lowest BCUT2D eigenvalue weighted by molar-refractivity contribution is -0.136. The Bertz CT molecular complexity index is 327. The summed E-state index contributed by atoms with van der Waals surface area (Å²) < 4.78 is 58.8. The topological polar surface area (TPSA) is 83.5 Å². The van der Waals surface area contributed by atoms with E-state index in [1.54, 1.807) is 0 Å². The highest BCUT2D eigenvalue weighted by atomic mass is 32.2. The van der Waals surface area contributed by atoms with Crippen LogP contribution >= 0.6 is 11.8 Å². The molecule has 0 atom stereocenters. The number of carbonyl (C=O) groups is 1. The lowest BCUT2D eigenvalue weighted by Crippen LogP contribution is -2.29. The number of alkyl halides is 3. The summed E-state index contributed by atoms with van der Waals surface area (Å²) in [7, 11) is -3.81. The number of sulfonamides is 1. The van der Waals surface area contributed by atoms with Gasteiger partial charge in [0.25, 0.3) is 0 Å². The van der Waals surface area contributed by atoms with Crippen molar-refractivity contribution in [2.75, 3.05) is 18.1 Å². The second kappa shape index (κ2) is 6.30. The van der Waals surface area contributed by atoms with E-state index in [-0.39, 0.29) is 18.3 Å². The molecule has 0 bridgehead atoms. The van der Waals surface area contributed by atoms with E-state index in [1.807, 2.05) is 4.72 Å². The van der Waals surface area contributed by atoms with Gasteiger partial charge in [-0.05, 0) is 11.8 Å². The van der Waals surface area contributed by atoms with Gasteiger partial charge in [-0.25, -0.2) is 13.1 Å². The molecule has 0 aliphatic rings. The second-order valence-corrected chi connectivity index (χ2v) is 5.74. The van der Waals surface area contributed by atoms with Gasteiger partial charge in [0.05, 0.1) is 12.2 Å². The highest BCUT2D eigenvalue weighted by molar-refractivity contribution is 8.00. The molecule has 0 saturated carbocycles. The standard InChI is InChI=1S/C6H10F3NO4S2/c7-6(8,9)15-3-2-10-16(13,14)4-1-5(11)12/h10H,1-4H2,(H,11,12). The third-order valence-electron chi connectivity index (χ3n) is 1.27. The quantitative estimate of drug-likeness (QED) is 0.669. The molecule has 10 heteroatoms. The van der Waals surface area contributed by atoms with Crippen molar-refractivity contribution in [2.45, 2.75) is 11.9 Å². The smallest absolute Gasteiger partial charge is 0.441 e. The van der Waals surface area contributed by atoms with Crippen LogP contribution in [0.1, 0.15) is 6.42 Å². The Labute approximate surface area is 94.5 Å². The van der Waals surface area contributed by atoms with Gasteiger partial charge in [-0.3, -0.25) is 4.79 Å². The monoisotopic (exact) mass is 281 g/mol. The summed E-state index contributed by atoms with van der Waals surface area (Å²) in [5.41, 5.74) is -4.40. The first-order chi connectivity index (χ1) is 7.12. The maximum Gasteiger partial charge on any atom is 0.441 e. The number of aliphatic carboxylic acids is 1. The Balaban J connectivity index is 3.79. The lowest BCUT2D eigenvalue weighted by Gasteiger charge is -2.07. The van der Waals surface area contributed by atoms with Crippen LogP contribution in [0.3, 0.4) is 0 Å². The highest BCUT2D eigenvalue weighted by Crippen LogP contribution is 2.29. The normalized spacial score (nSPS) is 12.7. The first-order valence-electron chi connectivity index (χ1n) is 4.02. The largest absolute Gasteiger partial charge is 0.481 e. The Morgan fingerprint density at radius 3 is 2.38 bits per heavy atom. The van der Waals surface area contributed by atoms with Gasteiger partial charge in [0.15, 0.2) is 0 Å². The molecule has 0 aliphatic heterocycles. The molecule has 0 unspecified atom stereocenters. The van der Waals surface area contributed by atoms with Gasteiger partial charge in [-0.1, -0.05) is 0 Å². The Morgan fingerprint density at radius 2 is 1.94 bits per heavy atom. The van der Waals surface area contributed by atoms with E-state index >= 15 is 0 Å². The second-order valence-electron chi connectivity index (χ2n) is 2.65. The molecule has 5 nitrogen and oxygen atoms in total. The van der Waals surface area contributed by atoms with Crippen molar-refractivity contribution in [1.82, 2.24) is 4.72 Å². The average Bonchev–Trinajstić information content (AvgIpc) is 2.08. The summed E-state index contributed by atoms with van der Waals surface area (Å²) in [5.74, 6) is -2.37. The van der Waals surface area contributed by atoms with Crippen molar-refractivity contribution >= 4 is 27.8 Å². The fourth-order valence-corrected chi connectivity index (χ4v) is 2.22. The van der Waals surface area contributed by atoms with Crippen molar-refractivity contribution in [2.24, 2.45) is 0 Å². The van der Waals surface area contributed by atoms with E-state index in [4.69, 9.17) is 5.11 Å². The van der Waals surface area contributed by atoms with Crippen LogP contribution in [-0.2, 0) is 14.8 Å². The molecule has 0 rings (SSSR count). The van der Waals surface area contributed by atoms with Gasteiger partial charge in [0.1, 0.15) is 0 Å². The van der Waals surface area contributed by atoms with Crippen LogP contribution in [-0.4, -0.2) is 43.1 Å². The summed E-state index contributed by atoms with van der Waals surface area (Å²) in [5, 5.41) is 8.21. The SMILES string of the molecule is O=C(O)CCS(=O)(=O)NCCSC(F)(F)F.